The van der Waals surface area contributed by atoms with Gasteiger partial charge in [-0.1, -0.05) is 12.1 Å². The standard InChI is InChI=1S/C13H16FN/c1-9-2-3-10(4-11(9)14)13-5-12(6-13,7-13)8-15/h2-4H,5-8,15H2,1H3. The molecule has 1 aromatic carbocycles. The molecular formula is C13H16FN. The first-order chi connectivity index (χ1) is 7.09. The predicted molar refractivity (Wildman–Crippen MR) is 58.2 cm³/mol. The van der Waals surface area contributed by atoms with Gasteiger partial charge >= 0.3 is 0 Å². The van der Waals surface area contributed by atoms with Gasteiger partial charge in [0, 0.05) is 0 Å². The summed E-state index contributed by atoms with van der Waals surface area (Å²) in [6, 6.07) is 5.69. The lowest BCUT2D eigenvalue weighted by atomic mass is 9.33. The van der Waals surface area contributed by atoms with Crippen molar-refractivity contribution in [3.8, 4) is 0 Å². The Kier molecular flexibility index (Phi) is 1.63. The van der Waals surface area contributed by atoms with E-state index in [0.717, 1.165) is 12.1 Å². The maximum Gasteiger partial charge on any atom is 0.126 e. The van der Waals surface area contributed by atoms with Crippen LogP contribution in [0.15, 0.2) is 18.2 Å². The third kappa shape index (κ3) is 1.06. The summed E-state index contributed by atoms with van der Waals surface area (Å²) in [5.41, 5.74) is 8.34. The zero-order valence-corrected chi connectivity index (χ0v) is 9.02. The molecule has 0 atom stereocenters. The fraction of sp³-hybridized carbons (Fsp3) is 0.538. The molecule has 0 aromatic heterocycles. The molecule has 0 amide bonds. The molecule has 2 bridgehead atoms. The van der Waals surface area contributed by atoms with E-state index in [1.54, 1.807) is 6.07 Å². The van der Waals surface area contributed by atoms with Crippen LogP contribution in [0.5, 0.6) is 0 Å². The maximum absolute atomic E-state index is 13.4. The molecule has 0 aliphatic heterocycles. The zero-order valence-electron chi connectivity index (χ0n) is 9.02. The number of hydrogen-bond acceptors (Lipinski definition) is 1. The Morgan fingerprint density at radius 2 is 2.00 bits per heavy atom. The molecule has 0 unspecified atom stereocenters. The van der Waals surface area contributed by atoms with E-state index < -0.39 is 0 Å². The van der Waals surface area contributed by atoms with Crippen molar-refractivity contribution in [1.82, 2.24) is 0 Å². The maximum atomic E-state index is 13.4. The minimum atomic E-state index is -0.0703. The van der Waals surface area contributed by atoms with E-state index in [0.29, 0.717) is 5.41 Å². The van der Waals surface area contributed by atoms with Crippen molar-refractivity contribution in [2.45, 2.75) is 31.6 Å². The van der Waals surface area contributed by atoms with E-state index in [4.69, 9.17) is 5.73 Å². The van der Waals surface area contributed by atoms with Gasteiger partial charge in [-0.25, -0.2) is 4.39 Å². The van der Waals surface area contributed by atoms with Crippen molar-refractivity contribution in [2.24, 2.45) is 11.1 Å². The minimum absolute atomic E-state index is 0.0703. The van der Waals surface area contributed by atoms with Crippen molar-refractivity contribution < 1.29 is 4.39 Å². The highest BCUT2D eigenvalue weighted by Gasteiger charge is 2.67. The van der Waals surface area contributed by atoms with Crippen LogP contribution in [-0.4, -0.2) is 6.54 Å². The Morgan fingerprint density at radius 1 is 1.33 bits per heavy atom. The van der Waals surface area contributed by atoms with Gasteiger partial charge in [0.25, 0.3) is 0 Å². The second-order valence-corrected chi connectivity index (χ2v) is 5.48. The fourth-order valence-electron chi connectivity index (χ4n) is 3.44. The SMILES string of the molecule is Cc1ccc(C23CC(CN)(C2)C3)cc1F. The molecule has 0 radical (unpaired) electrons. The quantitative estimate of drug-likeness (QED) is 0.788. The van der Waals surface area contributed by atoms with Crippen molar-refractivity contribution in [3.63, 3.8) is 0 Å². The molecule has 1 aromatic rings. The number of hydrogen-bond donors (Lipinski definition) is 1. The number of halogens is 1. The van der Waals surface area contributed by atoms with Crippen LogP contribution < -0.4 is 5.73 Å². The molecule has 2 N–H and O–H groups in total. The molecule has 3 saturated carbocycles. The Bertz CT molecular complexity index is 405. The second kappa shape index (κ2) is 2.62. The normalized spacial score (nSPS) is 37.0. The molecule has 15 heavy (non-hydrogen) atoms. The highest BCUT2D eigenvalue weighted by atomic mass is 19.1. The predicted octanol–water partition coefficient (Wildman–Crippen LogP) is 2.51. The molecule has 80 valence electrons. The lowest BCUT2D eigenvalue weighted by Gasteiger charge is -2.71. The summed E-state index contributed by atoms with van der Waals surface area (Å²) in [5.74, 6) is -0.0703. The van der Waals surface area contributed by atoms with Crippen molar-refractivity contribution >= 4 is 0 Å². The van der Waals surface area contributed by atoms with Gasteiger partial charge in [0.2, 0.25) is 0 Å². The molecule has 3 aliphatic carbocycles. The molecule has 1 nitrogen and oxygen atoms in total. The molecular weight excluding hydrogens is 189 g/mol. The molecule has 3 aliphatic rings. The van der Waals surface area contributed by atoms with Crippen LogP contribution in [0.25, 0.3) is 0 Å². The van der Waals surface area contributed by atoms with Gasteiger partial charge in [0.1, 0.15) is 5.82 Å². The summed E-state index contributed by atoms with van der Waals surface area (Å²) in [5, 5.41) is 0. The average Bonchev–Trinajstić information content (AvgIpc) is 2.07. The van der Waals surface area contributed by atoms with Crippen LogP contribution in [0, 0.1) is 18.2 Å². The molecule has 0 saturated heterocycles. The molecule has 2 heteroatoms. The molecule has 0 spiro atoms. The lowest BCUT2D eigenvalue weighted by molar-refractivity contribution is -0.132. The monoisotopic (exact) mass is 205 g/mol. The van der Waals surface area contributed by atoms with Gasteiger partial charge in [-0.05, 0) is 60.8 Å². The third-order valence-corrected chi connectivity index (χ3v) is 4.36. The van der Waals surface area contributed by atoms with Crippen molar-refractivity contribution in [1.29, 1.82) is 0 Å². The summed E-state index contributed by atoms with van der Waals surface area (Å²) in [6.45, 7) is 2.60. The van der Waals surface area contributed by atoms with Gasteiger partial charge in [-0.15, -0.1) is 0 Å². The Hall–Kier alpha value is -0.890. The van der Waals surface area contributed by atoms with E-state index in [1.165, 1.54) is 24.8 Å². The first-order valence-corrected chi connectivity index (χ1v) is 5.56. The number of nitrogens with two attached hydrogens (primary N) is 1. The Balaban J connectivity index is 1.88. The first-order valence-electron chi connectivity index (χ1n) is 5.56. The Labute approximate surface area is 89.5 Å². The van der Waals surface area contributed by atoms with Crippen molar-refractivity contribution in [3.05, 3.63) is 35.1 Å². The smallest absolute Gasteiger partial charge is 0.126 e. The van der Waals surface area contributed by atoms with E-state index in [9.17, 15) is 4.39 Å². The van der Waals surface area contributed by atoms with E-state index in [1.807, 2.05) is 13.0 Å². The summed E-state index contributed by atoms with van der Waals surface area (Å²) < 4.78 is 13.4. The number of rotatable bonds is 2. The van der Waals surface area contributed by atoms with Gasteiger partial charge in [0.15, 0.2) is 0 Å². The van der Waals surface area contributed by atoms with E-state index in [-0.39, 0.29) is 11.2 Å². The van der Waals surface area contributed by atoms with Crippen LogP contribution in [0.1, 0.15) is 30.4 Å². The van der Waals surface area contributed by atoms with Gasteiger partial charge in [0.05, 0.1) is 0 Å². The first kappa shape index (κ1) is 9.34. The summed E-state index contributed by atoms with van der Waals surface area (Å²) in [6.07, 6.45) is 3.50. The van der Waals surface area contributed by atoms with Gasteiger partial charge in [-0.3, -0.25) is 0 Å². The third-order valence-electron chi connectivity index (χ3n) is 4.36. The molecule has 3 fully saturated rings. The zero-order chi connectivity index (χ0) is 10.7. The van der Waals surface area contributed by atoms with Crippen LogP contribution >= 0.6 is 0 Å². The van der Waals surface area contributed by atoms with Crippen LogP contribution in [0.4, 0.5) is 4.39 Å². The van der Waals surface area contributed by atoms with Crippen molar-refractivity contribution in [2.75, 3.05) is 6.54 Å². The second-order valence-electron chi connectivity index (χ2n) is 5.48. The highest BCUT2D eigenvalue weighted by molar-refractivity contribution is 5.40. The van der Waals surface area contributed by atoms with E-state index in [2.05, 4.69) is 6.07 Å². The van der Waals surface area contributed by atoms with Crippen LogP contribution in [0.3, 0.4) is 0 Å². The highest BCUT2D eigenvalue weighted by Crippen LogP contribution is 2.73. The topological polar surface area (TPSA) is 26.0 Å². The lowest BCUT2D eigenvalue weighted by Crippen LogP contribution is -2.67. The number of aryl methyl sites for hydroxylation is 1. The van der Waals surface area contributed by atoms with Crippen LogP contribution in [0.2, 0.25) is 0 Å². The Morgan fingerprint density at radius 3 is 2.53 bits per heavy atom. The molecule has 0 heterocycles. The van der Waals surface area contributed by atoms with E-state index >= 15 is 0 Å². The number of benzene rings is 1. The summed E-state index contributed by atoms with van der Waals surface area (Å²) in [7, 11) is 0. The largest absolute Gasteiger partial charge is 0.330 e. The summed E-state index contributed by atoms with van der Waals surface area (Å²) in [4.78, 5) is 0. The van der Waals surface area contributed by atoms with Gasteiger partial charge < -0.3 is 5.73 Å². The minimum Gasteiger partial charge on any atom is -0.330 e. The van der Waals surface area contributed by atoms with Gasteiger partial charge in [-0.2, -0.15) is 0 Å². The summed E-state index contributed by atoms with van der Waals surface area (Å²) >= 11 is 0. The fourth-order valence-corrected chi connectivity index (χ4v) is 3.44. The van der Waals surface area contributed by atoms with Crippen LogP contribution in [-0.2, 0) is 5.41 Å². The molecule has 4 rings (SSSR count). The average molecular weight is 205 g/mol.